The van der Waals surface area contributed by atoms with Gasteiger partial charge in [0.15, 0.2) is 0 Å². The number of likely N-dealkylation sites (N-methyl/N-ethyl adjacent to an activating group) is 1. The highest BCUT2D eigenvalue weighted by atomic mass is 19.1. The van der Waals surface area contributed by atoms with Gasteiger partial charge in [-0.15, -0.1) is 0 Å². The van der Waals surface area contributed by atoms with Gasteiger partial charge in [0.1, 0.15) is 6.17 Å². The highest BCUT2D eigenvalue weighted by Crippen LogP contribution is 2.39. The Kier molecular flexibility index (Phi) is 4.59. The fourth-order valence-corrected chi connectivity index (χ4v) is 3.04. The summed E-state index contributed by atoms with van der Waals surface area (Å²) in [5.74, 6) is 0. The Bertz CT molecular complexity index is 245. The van der Waals surface area contributed by atoms with E-state index in [9.17, 15) is 4.39 Å². The van der Waals surface area contributed by atoms with Crippen LogP contribution in [0.1, 0.15) is 41.0 Å². The first kappa shape index (κ1) is 14.9. The summed E-state index contributed by atoms with van der Waals surface area (Å²) in [6.45, 7) is 11.8. The molecule has 0 saturated carbocycles. The van der Waals surface area contributed by atoms with Crippen LogP contribution in [0.2, 0.25) is 0 Å². The molecular formula is C14H29FN2. The summed E-state index contributed by atoms with van der Waals surface area (Å²) in [4.78, 5) is 4.49. The van der Waals surface area contributed by atoms with Crippen molar-refractivity contribution in [3.63, 3.8) is 0 Å². The van der Waals surface area contributed by atoms with Crippen LogP contribution in [0.25, 0.3) is 0 Å². The minimum atomic E-state index is -0.691. The number of halogens is 1. The molecule has 3 atom stereocenters. The Morgan fingerprint density at radius 2 is 1.82 bits per heavy atom. The molecule has 0 aliphatic carbocycles. The third-order valence-electron chi connectivity index (χ3n) is 3.76. The van der Waals surface area contributed by atoms with Gasteiger partial charge >= 0.3 is 0 Å². The Morgan fingerprint density at radius 3 is 2.18 bits per heavy atom. The third-order valence-corrected chi connectivity index (χ3v) is 3.76. The topological polar surface area (TPSA) is 6.48 Å². The van der Waals surface area contributed by atoms with Gasteiger partial charge < -0.3 is 4.90 Å². The zero-order chi connectivity index (χ0) is 13.4. The van der Waals surface area contributed by atoms with Crippen LogP contribution in [0.5, 0.6) is 0 Å². The van der Waals surface area contributed by atoms with Gasteiger partial charge in [-0.2, -0.15) is 0 Å². The molecule has 0 aromatic rings. The first-order valence-electron chi connectivity index (χ1n) is 6.70. The molecular weight excluding hydrogens is 215 g/mol. The van der Waals surface area contributed by atoms with E-state index in [4.69, 9.17) is 0 Å². The lowest BCUT2D eigenvalue weighted by Gasteiger charge is -2.40. The highest BCUT2D eigenvalue weighted by Gasteiger charge is 2.47. The second-order valence-electron chi connectivity index (χ2n) is 7.00. The van der Waals surface area contributed by atoms with Gasteiger partial charge in [-0.3, -0.25) is 4.90 Å². The molecule has 102 valence electrons. The quantitative estimate of drug-likeness (QED) is 0.753. The summed E-state index contributed by atoms with van der Waals surface area (Å²) in [6.07, 6.45) is -0.00998. The van der Waals surface area contributed by atoms with Crippen molar-refractivity contribution in [1.82, 2.24) is 9.80 Å². The number of alkyl halides is 1. The van der Waals surface area contributed by atoms with Gasteiger partial charge in [0.05, 0.1) is 6.04 Å². The van der Waals surface area contributed by atoms with Gasteiger partial charge in [-0.1, -0.05) is 20.8 Å². The van der Waals surface area contributed by atoms with Crippen LogP contribution in [0, 0.1) is 5.41 Å². The maximum atomic E-state index is 14.3. The lowest BCUT2D eigenvalue weighted by molar-refractivity contribution is 0.0592. The summed E-state index contributed by atoms with van der Waals surface area (Å²) < 4.78 is 14.3. The van der Waals surface area contributed by atoms with E-state index in [0.29, 0.717) is 18.5 Å². The minimum Gasteiger partial charge on any atom is -0.308 e. The largest absolute Gasteiger partial charge is 0.308 e. The van der Waals surface area contributed by atoms with Crippen molar-refractivity contribution in [3.05, 3.63) is 0 Å². The van der Waals surface area contributed by atoms with Crippen molar-refractivity contribution >= 4 is 0 Å². The normalized spacial score (nSPS) is 31.8. The van der Waals surface area contributed by atoms with Gasteiger partial charge in [-0.05, 0) is 39.8 Å². The summed E-state index contributed by atoms with van der Waals surface area (Å²) in [6, 6.07) is 0.807. The van der Waals surface area contributed by atoms with Crippen molar-refractivity contribution < 1.29 is 4.39 Å². The zero-order valence-corrected chi connectivity index (χ0v) is 12.5. The van der Waals surface area contributed by atoms with Crippen LogP contribution in [-0.4, -0.2) is 54.7 Å². The molecule has 0 aromatic carbocycles. The van der Waals surface area contributed by atoms with Crippen LogP contribution in [0.4, 0.5) is 4.39 Å². The van der Waals surface area contributed by atoms with Crippen LogP contribution in [0.3, 0.4) is 0 Å². The maximum Gasteiger partial charge on any atom is 0.118 e. The molecule has 1 fully saturated rings. The molecule has 1 aliphatic rings. The number of nitrogens with zero attached hydrogens (tertiary/aromatic N) is 2. The highest BCUT2D eigenvalue weighted by molar-refractivity contribution is 5.01. The number of hydrogen-bond acceptors (Lipinski definition) is 2. The first-order chi connectivity index (χ1) is 7.64. The van der Waals surface area contributed by atoms with Gasteiger partial charge in [0, 0.05) is 18.6 Å². The standard InChI is InChI=1S/C14H29FN2/c1-10(2)17-12(9-16(6)7)11(15)8-13(17)14(3,4)5/h10-13H,8-9H2,1-7H3/t11-,12+,13+/m1/s1. The average Bonchev–Trinajstić information content (AvgIpc) is 2.42. The molecule has 0 N–H and O–H groups in total. The molecule has 2 nitrogen and oxygen atoms in total. The average molecular weight is 244 g/mol. The molecule has 1 aliphatic heterocycles. The van der Waals surface area contributed by atoms with Crippen LogP contribution in [-0.2, 0) is 0 Å². The fraction of sp³-hybridized carbons (Fsp3) is 1.00. The molecule has 1 saturated heterocycles. The van der Waals surface area contributed by atoms with E-state index in [2.05, 4.69) is 44.4 Å². The van der Waals surface area contributed by atoms with Crippen molar-refractivity contribution in [1.29, 1.82) is 0 Å². The molecule has 0 bridgehead atoms. The Balaban J connectivity index is 2.91. The van der Waals surface area contributed by atoms with Gasteiger partial charge in [0.2, 0.25) is 0 Å². The van der Waals surface area contributed by atoms with Crippen molar-refractivity contribution in [2.24, 2.45) is 5.41 Å². The number of likely N-dealkylation sites (tertiary alicyclic amines) is 1. The predicted molar refractivity (Wildman–Crippen MR) is 72.1 cm³/mol. The minimum absolute atomic E-state index is 0.0502. The number of rotatable bonds is 3. The van der Waals surface area contributed by atoms with Crippen molar-refractivity contribution in [2.45, 2.75) is 65.3 Å². The lowest BCUT2D eigenvalue weighted by atomic mass is 9.84. The molecule has 1 heterocycles. The molecule has 0 radical (unpaired) electrons. The van der Waals surface area contributed by atoms with E-state index in [1.807, 2.05) is 14.1 Å². The Morgan fingerprint density at radius 1 is 1.29 bits per heavy atom. The molecule has 0 spiro atoms. The van der Waals surface area contributed by atoms with E-state index in [-0.39, 0.29) is 11.5 Å². The monoisotopic (exact) mass is 244 g/mol. The van der Waals surface area contributed by atoms with E-state index in [1.165, 1.54) is 0 Å². The molecule has 1 rings (SSSR count). The lowest BCUT2D eigenvalue weighted by Crippen LogP contribution is -2.50. The summed E-state index contributed by atoms with van der Waals surface area (Å²) in [5.41, 5.74) is 0.148. The Hall–Kier alpha value is -0.150. The smallest absolute Gasteiger partial charge is 0.118 e. The second-order valence-corrected chi connectivity index (χ2v) is 7.00. The third kappa shape index (κ3) is 3.41. The SMILES string of the molecule is CC(C)N1[C@H](C(C)(C)C)C[C@@H](F)[C@@H]1CN(C)C. The first-order valence-corrected chi connectivity index (χ1v) is 6.70. The fourth-order valence-electron chi connectivity index (χ4n) is 3.04. The molecule has 17 heavy (non-hydrogen) atoms. The van der Waals surface area contributed by atoms with Crippen LogP contribution >= 0.6 is 0 Å². The van der Waals surface area contributed by atoms with Crippen molar-refractivity contribution in [2.75, 3.05) is 20.6 Å². The van der Waals surface area contributed by atoms with Gasteiger partial charge in [0.25, 0.3) is 0 Å². The van der Waals surface area contributed by atoms with Crippen molar-refractivity contribution in [3.8, 4) is 0 Å². The maximum absolute atomic E-state index is 14.3. The van der Waals surface area contributed by atoms with E-state index >= 15 is 0 Å². The van der Waals surface area contributed by atoms with Crippen LogP contribution < -0.4 is 0 Å². The van der Waals surface area contributed by atoms with Crippen LogP contribution in [0.15, 0.2) is 0 Å². The van der Waals surface area contributed by atoms with E-state index < -0.39 is 6.17 Å². The Labute approximate surface area is 106 Å². The van der Waals surface area contributed by atoms with E-state index in [0.717, 1.165) is 6.54 Å². The molecule has 0 unspecified atom stereocenters. The molecule has 0 amide bonds. The molecule has 3 heteroatoms. The molecule has 0 aromatic heterocycles. The summed E-state index contributed by atoms with van der Waals surface area (Å²) in [5, 5.41) is 0. The summed E-state index contributed by atoms with van der Waals surface area (Å²) >= 11 is 0. The summed E-state index contributed by atoms with van der Waals surface area (Å²) in [7, 11) is 4.05. The van der Waals surface area contributed by atoms with Gasteiger partial charge in [-0.25, -0.2) is 4.39 Å². The van der Waals surface area contributed by atoms with E-state index in [1.54, 1.807) is 0 Å². The second kappa shape index (κ2) is 5.23. The zero-order valence-electron chi connectivity index (χ0n) is 12.5. The number of hydrogen-bond donors (Lipinski definition) is 0. The predicted octanol–water partition coefficient (Wildman–Crippen LogP) is 2.78.